The SMILES string of the molecule is CC1CN(c2cnc3cnn(C(C)c4ccc(Cl)cc4Cl)c3n2)CCC1N1CCCCC1.Cl. The molecule has 2 aliphatic heterocycles. The van der Waals surface area contributed by atoms with E-state index in [1.165, 1.54) is 38.8 Å². The van der Waals surface area contributed by atoms with Crippen LogP contribution in [0.25, 0.3) is 11.2 Å². The summed E-state index contributed by atoms with van der Waals surface area (Å²) in [4.78, 5) is 14.8. The zero-order valence-electron chi connectivity index (χ0n) is 19.1. The third-order valence-electron chi connectivity index (χ3n) is 7.11. The first kappa shape index (κ1) is 24.5. The molecule has 4 heterocycles. The highest BCUT2D eigenvalue weighted by atomic mass is 35.5. The number of benzene rings is 1. The molecule has 0 N–H and O–H groups in total. The van der Waals surface area contributed by atoms with E-state index in [1.807, 2.05) is 23.0 Å². The van der Waals surface area contributed by atoms with Gasteiger partial charge in [-0.3, -0.25) is 4.90 Å². The maximum Gasteiger partial charge on any atom is 0.179 e. The Morgan fingerprint density at radius 2 is 1.85 bits per heavy atom. The number of aromatic nitrogens is 4. The fourth-order valence-corrected chi connectivity index (χ4v) is 5.92. The van der Waals surface area contributed by atoms with Crippen molar-refractivity contribution in [3.8, 4) is 0 Å². The van der Waals surface area contributed by atoms with E-state index in [0.717, 1.165) is 35.6 Å². The van der Waals surface area contributed by atoms with Gasteiger partial charge in [0.1, 0.15) is 11.3 Å². The van der Waals surface area contributed by atoms with Gasteiger partial charge in [-0.2, -0.15) is 5.10 Å². The molecule has 2 saturated heterocycles. The Morgan fingerprint density at radius 1 is 1.06 bits per heavy atom. The van der Waals surface area contributed by atoms with Gasteiger partial charge >= 0.3 is 0 Å². The van der Waals surface area contributed by atoms with Gasteiger partial charge in [0.15, 0.2) is 5.65 Å². The summed E-state index contributed by atoms with van der Waals surface area (Å²) in [6.45, 7) is 8.98. The number of halogens is 3. The lowest BCUT2D eigenvalue weighted by atomic mass is 9.91. The molecule has 0 radical (unpaired) electrons. The number of piperidine rings is 2. The summed E-state index contributed by atoms with van der Waals surface area (Å²) in [7, 11) is 0. The molecule has 0 saturated carbocycles. The fraction of sp³-hybridized carbons (Fsp3) is 0.542. The Kier molecular flexibility index (Phi) is 7.69. The first-order valence-corrected chi connectivity index (χ1v) is 12.4. The van der Waals surface area contributed by atoms with Crippen LogP contribution in [-0.2, 0) is 0 Å². The number of nitrogens with zero attached hydrogens (tertiary/aromatic N) is 6. The van der Waals surface area contributed by atoms with E-state index in [-0.39, 0.29) is 18.4 Å². The van der Waals surface area contributed by atoms with Crippen LogP contribution in [0.4, 0.5) is 5.82 Å². The van der Waals surface area contributed by atoms with Crippen LogP contribution in [0.1, 0.15) is 51.1 Å². The van der Waals surface area contributed by atoms with Gasteiger partial charge in [-0.25, -0.2) is 14.6 Å². The molecule has 33 heavy (non-hydrogen) atoms. The highest BCUT2D eigenvalue weighted by Crippen LogP contribution is 2.31. The van der Waals surface area contributed by atoms with Crippen molar-refractivity contribution in [3.63, 3.8) is 0 Å². The number of hydrogen-bond acceptors (Lipinski definition) is 5. The molecule has 3 unspecified atom stereocenters. The van der Waals surface area contributed by atoms with Gasteiger partial charge in [0.2, 0.25) is 0 Å². The predicted octanol–water partition coefficient (Wildman–Crippen LogP) is 5.86. The lowest BCUT2D eigenvalue weighted by molar-refractivity contribution is 0.106. The largest absolute Gasteiger partial charge is 0.355 e. The minimum Gasteiger partial charge on any atom is -0.355 e. The van der Waals surface area contributed by atoms with Crippen LogP contribution in [0.3, 0.4) is 0 Å². The summed E-state index contributed by atoms with van der Waals surface area (Å²) in [5.41, 5.74) is 2.54. The van der Waals surface area contributed by atoms with Gasteiger partial charge < -0.3 is 4.90 Å². The smallest absolute Gasteiger partial charge is 0.179 e. The highest BCUT2D eigenvalue weighted by Gasteiger charge is 2.32. The standard InChI is InChI=1S/C24H30Cl2N6.ClH/c1-16-15-31(11-8-22(16)30-9-4-3-5-10-30)23-14-27-21-13-28-32(24(21)29-23)17(2)19-7-6-18(25)12-20(19)26;/h6-7,12-14,16-17,22H,3-5,8-11,15H2,1-2H3;1H. The third-order valence-corrected chi connectivity index (χ3v) is 7.68. The average molecular weight is 510 g/mol. The number of likely N-dealkylation sites (tertiary alicyclic amines) is 1. The Labute approximate surface area is 211 Å². The van der Waals surface area contributed by atoms with Crippen molar-refractivity contribution in [1.82, 2.24) is 24.6 Å². The molecular formula is C24H31Cl3N6. The van der Waals surface area contributed by atoms with E-state index in [9.17, 15) is 0 Å². The number of hydrogen-bond donors (Lipinski definition) is 0. The summed E-state index contributed by atoms with van der Waals surface area (Å²) in [6.07, 6.45) is 8.91. The first-order valence-electron chi connectivity index (χ1n) is 11.7. The Morgan fingerprint density at radius 3 is 2.58 bits per heavy atom. The second-order valence-electron chi connectivity index (χ2n) is 9.24. The van der Waals surface area contributed by atoms with Crippen LogP contribution in [0.15, 0.2) is 30.6 Å². The highest BCUT2D eigenvalue weighted by molar-refractivity contribution is 6.35. The number of anilines is 1. The molecule has 3 aromatic rings. The van der Waals surface area contributed by atoms with Crippen molar-refractivity contribution in [2.45, 2.75) is 51.6 Å². The van der Waals surface area contributed by atoms with E-state index in [1.54, 1.807) is 12.3 Å². The molecule has 0 aliphatic carbocycles. The molecule has 0 bridgehead atoms. The molecule has 3 atom stereocenters. The van der Waals surface area contributed by atoms with E-state index in [0.29, 0.717) is 22.0 Å². The zero-order chi connectivity index (χ0) is 22.2. The van der Waals surface area contributed by atoms with E-state index >= 15 is 0 Å². The topological polar surface area (TPSA) is 50.1 Å². The molecule has 2 fully saturated rings. The van der Waals surface area contributed by atoms with E-state index in [2.05, 4.69) is 33.7 Å². The van der Waals surface area contributed by atoms with Gasteiger partial charge in [0, 0.05) is 29.2 Å². The van der Waals surface area contributed by atoms with Crippen molar-refractivity contribution in [2.75, 3.05) is 31.1 Å². The Hall–Kier alpha value is -1.60. The lowest BCUT2D eigenvalue weighted by Gasteiger charge is -2.44. The lowest BCUT2D eigenvalue weighted by Crippen LogP contribution is -2.51. The van der Waals surface area contributed by atoms with Crippen molar-refractivity contribution in [2.24, 2.45) is 5.92 Å². The van der Waals surface area contributed by atoms with Crippen LogP contribution in [0.2, 0.25) is 10.0 Å². The van der Waals surface area contributed by atoms with Crippen molar-refractivity contribution in [1.29, 1.82) is 0 Å². The van der Waals surface area contributed by atoms with Crippen LogP contribution >= 0.6 is 35.6 Å². The monoisotopic (exact) mass is 508 g/mol. The van der Waals surface area contributed by atoms with Gasteiger partial charge in [-0.05, 0) is 62.9 Å². The normalized spacial score (nSPS) is 22.8. The predicted molar refractivity (Wildman–Crippen MR) is 138 cm³/mol. The summed E-state index contributed by atoms with van der Waals surface area (Å²) >= 11 is 12.5. The molecule has 2 aromatic heterocycles. The van der Waals surface area contributed by atoms with Crippen molar-refractivity contribution >= 4 is 52.6 Å². The van der Waals surface area contributed by atoms with Gasteiger partial charge in [-0.15, -0.1) is 12.4 Å². The molecule has 0 amide bonds. The zero-order valence-corrected chi connectivity index (χ0v) is 21.5. The van der Waals surface area contributed by atoms with E-state index < -0.39 is 0 Å². The molecule has 0 spiro atoms. The quantitative estimate of drug-likeness (QED) is 0.440. The van der Waals surface area contributed by atoms with Gasteiger partial charge in [0.25, 0.3) is 0 Å². The van der Waals surface area contributed by atoms with Crippen molar-refractivity contribution < 1.29 is 0 Å². The Balaban J connectivity index is 0.00000259. The van der Waals surface area contributed by atoms with Crippen LogP contribution in [0, 0.1) is 5.92 Å². The summed E-state index contributed by atoms with van der Waals surface area (Å²) in [5.74, 6) is 1.54. The number of fused-ring (bicyclic) bond motifs is 1. The van der Waals surface area contributed by atoms with Crippen molar-refractivity contribution in [3.05, 3.63) is 46.2 Å². The Bertz CT molecular complexity index is 1100. The molecule has 9 heteroatoms. The molecule has 178 valence electrons. The second-order valence-corrected chi connectivity index (χ2v) is 10.1. The second kappa shape index (κ2) is 10.3. The molecule has 1 aromatic carbocycles. The van der Waals surface area contributed by atoms with Gasteiger partial charge in [-0.1, -0.05) is 42.6 Å². The summed E-state index contributed by atoms with van der Waals surface area (Å²) < 4.78 is 1.91. The van der Waals surface area contributed by atoms with Crippen LogP contribution < -0.4 is 4.90 Å². The van der Waals surface area contributed by atoms with Crippen LogP contribution in [0.5, 0.6) is 0 Å². The van der Waals surface area contributed by atoms with Crippen LogP contribution in [-0.4, -0.2) is 56.9 Å². The molecule has 6 nitrogen and oxygen atoms in total. The molecule has 5 rings (SSSR count). The molecule has 2 aliphatic rings. The minimum absolute atomic E-state index is 0. The summed E-state index contributed by atoms with van der Waals surface area (Å²) in [5, 5.41) is 5.84. The van der Waals surface area contributed by atoms with E-state index in [4.69, 9.17) is 28.2 Å². The third kappa shape index (κ3) is 4.95. The first-order chi connectivity index (χ1) is 15.5. The number of rotatable bonds is 4. The van der Waals surface area contributed by atoms with Gasteiger partial charge in [0.05, 0.1) is 18.4 Å². The fourth-order valence-electron chi connectivity index (χ4n) is 5.35. The summed E-state index contributed by atoms with van der Waals surface area (Å²) in [6, 6.07) is 6.18. The maximum absolute atomic E-state index is 6.47. The minimum atomic E-state index is -0.0782. The average Bonchev–Trinajstić information content (AvgIpc) is 3.22. The molecular weight excluding hydrogens is 479 g/mol. The maximum atomic E-state index is 6.47.